The number of hydrogen-bond acceptors (Lipinski definition) is 3. The number of rotatable bonds is 6. The third-order valence-electron chi connectivity index (χ3n) is 4.74. The summed E-state index contributed by atoms with van der Waals surface area (Å²) in [6.45, 7) is 6.99. The molecule has 0 aromatic heterocycles. The minimum absolute atomic E-state index is 0.00273. The van der Waals surface area contributed by atoms with Gasteiger partial charge in [-0.25, -0.2) is 4.79 Å². The van der Waals surface area contributed by atoms with Gasteiger partial charge in [0.25, 0.3) is 0 Å². The number of urea groups is 1. The Bertz CT molecular complexity index is 587. The van der Waals surface area contributed by atoms with Crippen LogP contribution in [-0.2, 0) is 11.3 Å². The van der Waals surface area contributed by atoms with Crippen LogP contribution in [0.5, 0.6) is 5.75 Å². The van der Waals surface area contributed by atoms with Crippen LogP contribution in [0.3, 0.4) is 0 Å². The molecule has 3 amide bonds. The van der Waals surface area contributed by atoms with Crippen molar-refractivity contribution in [2.45, 2.75) is 33.2 Å². The molecule has 0 radical (unpaired) electrons. The summed E-state index contributed by atoms with van der Waals surface area (Å²) in [5.74, 6) is 0.621. The van der Waals surface area contributed by atoms with Crippen molar-refractivity contribution in [2.24, 2.45) is 5.92 Å². The highest BCUT2D eigenvalue weighted by molar-refractivity contribution is 5.81. The zero-order valence-corrected chi connectivity index (χ0v) is 15.5. The molecule has 1 aromatic carbocycles. The summed E-state index contributed by atoms with van der Waals surface area (Å²) in [6.07, 6.45) is 1.68. The van der Waals surface area contributed by atoms with Gasteiger partial charge in [-0.15, -0.1) is 0 Å². The van der Waals surface area contributed by atoms with Crippen LogP contribution < -0.4 is 10.1 Å². The zero-order valence-electron chi connectivity index (χ0n) is 15.5. The number of piperidine rings is 1. The predicted molar refractivity (Wildman–Crippen MR) is 97.5 cm³/mol. The maximum atomic E-state index is 12.5. The Morgan fingerprint density at radius 2 is 2.00 bits per heavy atom. The van der Waals surface area contributed by atoms with Gasteiger partial charge in [-0.3, -0.25) is 4.79 Å². The maximum absolute atomic E-state index is 12.5. The molecule has 1 fully saturated rings. The number of amides is 3. The quantitative estimate of drug-likeness (QED) is 0.860. The van der Waals surface area contributed by atoms with Crippen LogP contribution in [0.1, 0.15) is 32.3 Å². The van der Waals surface area contributed by atoms with Crippen molar-refractivity contribution in [2.75, 3.05) is 33.3 Å². The van der Waals surface area contributed by atoms with E-state index >= 15 is 0 Å². The van der Waals surface area contributed by atoms with E-state index in [1.165, 1.54) is 0 Å². The molecule has 25 heavy (non-hydrogen) atoms. The van der Waals surface area contributed by atoms with Gasteiger partial charge in [0, 0.05) is 38.3 Å². The van der Waals surface area contributed by atoms with Crippen molar-refractivity contribution in [3.63, 3.8) is 0 Å². The third kappa shape index (κ3) is 4.87. The number of carbonyl (C=O) groups excluding carboxylic acids is 2. The Labute approximate surface area is 150 Å². The number of nitrogens with zero attached hydrogens (tertiary/aromatic N) is 2. The number of benzene rings is 1. The fourth-order valence-electron chi connectivity index (χ4n) is 3.23. The molecular weight excluding hydrogens is 318 g/mol. The van der Waals surface area contributed by atoms with Gasteiger partial charge in [0.15, 0.2) is 0 Å². The lowest BCUT2D eigenvalue weighted by atomic mass is 9.97. The zero-order chi connectivity index (χ0) is 18.2. The molecule has 0 aliphatic carbocycles. The van der Waals surface area contributed by atoms with Crippen LogP contribution >= 0.6 is 0 Å². The number of nitrogens with one attached hydrogen (secondary N) is 1. The number of hydrogen-bond donors (Lipinski definition) is 1. The third-order valence-corrected chi connectivity index (χ3v) is 4.74. The van der Waals surface area contributed by atoms with Gasteiger partial charge < -0.3 is 19.9 Å². The van der Waals surface area contributed by atoms with Gasteiger partial charge in [0.2, 0.25) is 5.91 Å². The molecule has 1 aromatic rings. The van der Waals surface area contributed by atoms with E-state index in [1.54, 1.807) is 12.0 Å². The lowest BCUT2D eigenvalue weighted by molar-refractivity contribution is -0.126. The van der Waals surface area contributed by atoms with Gasteiger partial charge in [-0.1, -0.05) is 18.2 Å². The molecule has 1 atom stereocenters. The first-order chi connectivity index (χ1) is 12.1. The smallest absolute Gasteiger partial charge is 0.320 e. The van der Waals surface area contributed by atoms with Crippen LogP contribution in [0.2, 0.25) is 0 Å². The van der Waals surface area contributed by atoms with Crippen molar-refractivity contribution in [3.8, 4) is 5.75 Å². The van der Waals surface area contributed by atoms with E-state index in [4.69, 9.17) is 4.74 Å². The largest absolute Gasteiger partial charge is 0.496 e. The molecule has 1 unspecified atom stereocenters. The van der Waals surface area contributed by atoms with Crippen molar-refractivity contribution in [3.05, 3.63) is 29.8 Å². The summed E-state index contributed by atoms with van der Waals surface area (Å²) in [5, 5.41) is 2.99. The molecule has 1 aliphatic heterocycles. The Morgan fingerprint density at radius 3 is 2.68 bits per heavy atom. The Balaban J connectivity index is 1.92. The number of likely N-dealkylation sites (tertiary alicyclic amines) is 1. The fraction of sp³-hybridized carbons (Fsp3) is 0.579. The van der Waals surface area contributed by atoms with E-state index in [2.05, 4.69) is 5.32 Å². The molecule has 138 valence electrons. The SMILES string of the molecule is CCN(CC)C(=O)N1CCCC(C(=O)NCc2ccccc2OC)C1. The summed E-state index contributed by atoms with van der Waals surface area (Å²) in [4.78, 5) is 28.6. The molecule has 6 nitrogen and oxygen atoms in total. The van der Waals surface area contributed by atoms with Crippen molar-refractivity contribution >= 4 is 11.9 Å². The van der Waals surface area contributed by atoms with Gasteiger partial charge >= 0.3 is 6.03 Å². The van der Waals surface area contributed by atoms with E-state index in [9.17, 15) is 9.59 Å². The second-order valence-electron chi connectivity index (χ2n) is 6.27. The number of ether oxygens (including phenoxy) is 1. The maximum Gasteiger partial charge on any atom is 0.320 e. The van der Waals surface area contributed by atoms with E-state index in [-0.39, 0.29) is 17.9 Å². The Morgan fingerprint density at radius 1 is 1.28 bits per heavy atom. The monoisotopic (exact) mass is 347 g/mol. The molecule has 0 spiro atoms. The van der Waals surface area contributed by atoms with Crippen molar-refractivity contribution < 1.29 is 14.3 Å². The van der Waals surface area contributed by atoms with E-state index in [1.807, 2.05) is 43.0 Å². The minimum atomic E-state index is -0.150. The normalized spacial score (nSPS) is 17.1. The molecule has 2 rings (SSSR count). The number of para-hydroxylation sites is 1. The van der Waals surface area contributed by atoms with Gasteiger partial charge in [-0.05, 0) is 32.8 Å². The molecule has 1 aliphatic rings. The fourth-order valence-corrected chi connectivity index (χ4v) is 3.23. The van der Waals surface area contributed by atoms with Crippen LogP contribution in [0.25, 0.3) is 0 Å². The molecule has 0 saturated carbocycles. The number of methoxy groups -OCH3 is 1. The van der Waals surface area contributed by atoms with Gasteiger partial charge in [-0.2, -0.15) is 0 Å². The highest BCUT2D eigenvalue weighted by Gasteiger charge is 2.29. The van der Waals surface area contributed by atoms with Gasteiger partial charge in [0.05, 0.1) is 13.0 Å². The van der Waals surface area contributed by atoms with Gasteiger partial charge in [0.1, 0.15) is 5.75 Å². The van der Waals surface area contributed by atoms with E-state index in [0.717, 1.165) is 30.7 Å². The summed E-state index contributed by atoms with van der Waals surface area (Å²) < 4.78 is 5.31. The molecule has 1 N–H and O–H groups in total. The first-order valence-corrected chi connectivity index (χ1v) is 9.04. The average Bonchev–Trinajstić information content (AvgIpc) is 2.67. The molecule has 1 heterocycles. The molecular formula is C19H29N3O3. The summed E-state index contributed by atoms with van der Waals surface area (Å²) in [6, 6.07) is 7.69. The average molecular weight is 347 g/mol. The van der Waals surface area contributed by atoms with Crippen molar-refractivity contribution in [1.29, 1.82) is 0 Å². The molecule has 1 saturated heterocycles. The van der Waals surface area contributed by atoms with Crippen LogP contribution in [0.15, 0.2) is 24.3 Å². The summed E-state index contributed by atoms with van der Waals surface area (Å²) in [5.41, 5.74) is 0.949. The predicted octanol–water partition coefficient (Wildman–Crippen LogP) is 2.49. The highest BCUT2D eigenvalue weighted by atomic mass is 16.5. The molecule has 0 bridgehead atoms. The standard InChI is InChI=1S/C19H29N3O3/c1-4-21(5-2)19(24)22-12-8-10-16(14-22)18(23)20-13-15-9-6-7-11-17(15)25-3/h6-7,9,11,16H,4-5,8,10,12-14H2,1-3H3,(H,20,23). The second kappa shape index (κ2) is 9.30. The van der Waals surface area contributed by atoms with E-state index in [0.29, 0.717) is 26.2 Å². The van der Waals surface area contributed by atoms with Crippen LogP contribution in [0.4, 0.5) is 4.79 Å². The van der Waals surface area contributed by atoms with Crippen LogP contribution in [0, 0.1) is 5.92 Å². The number of carbonyl (C=O) groups is 2. The van der Waals surface area contributed by atoms with Crippen LogP contribution in [-0.4, -0.2) is 55.0 Å². The topological polar surface area (TPSA) is 61.9 Å². The minimum Gasteiger partial charge on any atom is -0.496 e. The summed E-state index contributed by atoms with van der Waals surface area (Å²) in [7, 11) is 1.62. The van der Waals surface area contributed by atoms with E-state index < -0.39 is 0 Å². The first kappa shape index (κ1) is 19.1. The first-order valence-electron chi connectivity index (χ1n) is 9.04. The Hall–Kier alpha value is -2.24. The van der Waals surface area contributed by atoms with Crippen molar-refractivity contribution in [1.82, 2.24) is 15.1 Å². The second-order valence-corrected chi connectivity index (χ2v) is 6.27. The lowest BCUT2D eigenvalue weighted by Crippen LogP contribution is -2.50. The summed E-state index contributed by atoms with van der Waals surface area (Å²) >= 11 is 0. The Kier molecular flexibility index (Phi) is 7.10. The molecule has 6 heteroatoms. The highest BCUT2D eigenvalue weighted by Crippen LogP contribution is 2.20. The lowest BCUT2D eigenvalue weighted by Gasteiger charge is -2.35.